The third kappa shape index (κ3) is 5.46. The number of nitrogens with zero attached hydrogens (tertiary/aromatic N) is 5. The minimum atomic E-state index is 0.0457. The maximum absolute atomic E-state index is 12.0. The average Bonchev–Trinajstić information content (AvgIpc) is 3.40. The van der Waals surface area contributed by atoms with E-state index in [0.717, 1.165) is 44.1 Å². The van der Waals surface area contributed by atoms with Gasteiger partial charge in [-0.15, -0.1) is 21.5 Å². The summed E-state index contributed by atoms with van der Waals surface area (Å²) in [6.07, 6.45) is 0.319. The lowest BCUT2D eigenvalue weighted by atomic mass is 10.1. The summed E-state index contributed by atoms with van der Waals surface area (Å²) in [7, 11) is 3.51. The Hall–Kier alpha value is -2.68. The fourth-order valence-corrected chi connectivity index (χ4v) is 5.20. The van der Waals surface area contributed by atoms with Crippen molar-refractivity contribution in [3.05, 3.63) is 74.7 Å². The molecule has 0 saturated carbocycles. The first kappa shape index (κ1) is 23.5. The van der Waals surface area contributed by atoms with Gasteiger partial charge in [0.25, 0.3) is 0 Å². The molecule has 0 bridgehead atoms. The van der Waals surface area contributed by atoms with E-state index < -0.39 is 0 Å². The second kappa shape index (κ2) is 10.1. The van der Waals surface area contributed by atoms with Crippen molar-refractivity contribution in [3.63, 3.8) is 0 Å². The van der Waals surface area contributed by atoms with Gasteiger partial charge in [0.15, 0.2) is 11.0 Å². The molecule has 9 heteroatoms. The second-order valence-electron chi connectivity index (χ2n) is 7.93. The molecule has 0 N–H and O–H groups in total. The van der Waals surface area contributed by atoms with E-state index in [0.29, 0.717) is 17.2 Å². The van der Waals surface area contributed by atoms with Crippen LogP contribution in [-0.4, -0.2) is 44.7 Å². The predicted octanol–water partition coefficient (Wildman–Crippen LogP) is 5.58. The molecule has 0 saturated heterocycles. The lowest BCUT2D eigenvalue weighted by molar-refractivity contribution is -0.127. The summed E-state index contributed by atoms with van der Waals surface area (Å²) < 4.78 is 2.08. The SMILES string of the molecule is Cc1ccc(C)c(-n2c(SCc3csc(CC(=O)N(C)C)n3)nnc2-c2cccc(Cl)c2)c1. The Kier molecular flexibility index (Phi) is 7.17. The summed E-state index contributed by atoms with van der Waals surface area (Å²) in [5, 5.41) is 13.3. The number of rotatable bonds is 7. The van der Waals surface area contributed by atoms with Crippen LogP contribution in [0.3, 0.4) is 0 Å². The minimum absolute atomic E-state index is 0.0457. The van der Waals surface area contributed by atoms with Crippen molar-refractivity contribution >= 4 is 40.6 Å². The van der Waals surface area contributed by atoms with Crippen LogP contribution in [0, 0.1) is 13.8 Å². The summed E-state index contributed by atoms with van der Waals surface area (Å²) in [5.41, 5.74) is 5.15. The molecule has 0 aliphatic carbocycles. The van der Waals surface area contributed by atoms with Gasteiger partial charge in [0, 0.05) is 35.8 Å². The molecule has 0 unspecified atom stereocenters. The highest BCUT2D eigenvalue weighted by molar-refractivity contribution is 7.98. The van der Waals surface area contributed by atoms with Gasteiger partial charge in [-0.25, -0.2) is 4.98 Å². The van der Waals surface area contributed by atoms with Crippen LogP contribution in [0.1, 0.15) is 21.8 Å². The number of thiazole rings is 1. The highest BCUT2D eigenvalue weighted by Crippen LogP contribution is 2.32. The average molecular weight is 498 g/mol. The van der Waals surface area contributed by atoms with Crippen LogP contribution in [-0.2, 0) is 17.0 Å². The summed E-state index contributed by atoms with van der Waals surface area (Å²) in [4.78, 5) is 18.2. The number of halogens is 1. The maximum atomic E-state index is 12.0. The number of carbonyl (C=O) groups is 1. The zero-order valence-electron chi connectivity index (χ0n) is 18.9. The molecule has 0 aliphatic rings. The number of hydrogen-bond donors (Lipinski definition) is 0. The van der Waals surface area contributed by atoms with Crippen molar-refractivity contribution in [3.8, 4) is 17.1 Å². The molecule has 0 atom stereocenters. The molecule has 0 radical (unpaired) electrons. The van der Waals surface area contributed by atoms with E-state index >= 15 is 0 Å². The molecule has 4 aromatic rings. The summed E-state index contributed by atoms with van der Waals surface area (Å²) >= 11 is 9.34. The van der Waals surface area contributed by atoms with Gasteiger partial charge in [-0.05, 0) is 43.2 Å². The van der Waals surface area contributed by atoms with Crippen molar-refractivity contribution in [2.45, 2.75) is 31.2 Å². The Morgan fingerprint density at radius 1 is 1.15 bits per heavy atom. The van der Waals surface area contributed by atoms with Crippen molar-refractivity contribution in [1.29, 1.82) is 0 Å². The van der Waals surface area contributed by atoms with Gasteiger partial charge in [-0.2, -0.15) is 0 Å². The third-order valence-corrected chi connectivity index (χ3v) is 7.17. The Balaban J connectivity index is 1.66. The van der Waals surface area contributed by atoms with Crippen LogP contribution in [0.25, 0.3) is 17.1 Å². The topological polar surface area (TPSA) is 63.9 Å². The number of carbonyl (C=O) groups excluding carboxylic acids is 1. The van der Waals surface area contributed by atoms with Crippen molar-refractivity contribution in [2.75, 3.05) is 14.1 Å². The van der Waals surface area contributed by atoms with E-state index in [1.807, 2.05) is 29.6 Å². The van der Waals surface area contributed by atoms with Crippen LogP contribution in [0.15, 0.2) is 53.0 Å². The number of amides is 1. The largest absolute Gasteiger partial charge is 0.348 e. The summed E-state index contributed by atoms with van der Waals surface area (Å²) in [5.74, 6) is 1.42. The molecular weight excluding hydrogens is 474 g/mol. The van der Waals surface area contributed by atoms with E-state index in [1.54, 1.807) is 30.8 Å². The quantitative estimate of drug-likeness (QED) is 0.312. The highest BCUT2D eigenvalue weighted by atomic mass is 35.5. The Labute approximate surface area is 206 Å². The van der Waals surface area contributed by atoms with Crippen molar-refractivity contribution in [2.24, 2.45) is 0 Å². The fraction of sp³-hybridized carbons (Fsp3) is 0.250. The van der Waals surface area contributed by atoms with Gasteiger partial charge >= 0.3 is 0 Å². The fourth-order valence-electron chi connectivity index (χ4n) is 3.28. The summed E-state index contributed by atoms with van der Waals surface area (Å²) in [6, 6.07) is 14.0. The van der Waals surface area contributed by atoms with E-state index in [-0.39, 0.29) is 5.91 Å². The molecule has 170 valence electrons. The smallest absolute Gasteiger partial charge is 0.228 e. The molecule has 33 heavy (non-hydrogen) atoms. The van der Waals surface area contributed by atoms with Gasteiger partial charge in [-0.1, -0.05) is 47.6 Å². The Morgan fingerprint density at radius 3 is 2.73 bits per heavy atom. The number of aryl methyl sites for hydroxylation is 2. The van der Waals surface area contributed by atoms with Crippen LogP contribution in [0.4, 0.5) is 0 Å². The summed E-state index contributed by atoms with van der Waals surface area (Å²) in [6.45, 7) is 4.16. The molecule has 2 aromatic heterocycles. The zero-order valence-corrected chi connectivity index (χ0v) is 21.3. The zero-order chi connectivity index (χ0) is 23.5. The number of benzene rings is 2. The molecule has 4 rings (SSSR count). The molecule has 0 aliphatic heterocycles. The van der Waals surface area contributed by atoms with E-state index in [2.05, 4.69) is 51.8 Å². The Morgan fingerprint density at radius 2 is 1.97 bits per heavy atom. The third-order valence-electron chi connectivity index (χ3n) is 5.07. The van der Waals surface area contributed by atoms with Gasteiger partial charge in [0.05, 0.1) is 17.8 Å². The van der Waals surface area contributed by atoms with Crippen LogP contribution < -0.4 is 0 Å². The first-order valence-electron chi connectivity index (χ1n) is 10.4. The maximum Gasteiger partial charge on any atom is 0.228 e. The van der Waals surface area contributed by atoms with Gasteiger partial charge < -0.3 is 4.90 Å². The van der Waals surface area contributed by atoms with Gasteiger partial charge in [-0.3, -0.25) is 9.36 Å². The van der Waals surface area contributed by atoms with Crippen LogP contribution >= 0.6 is 34.7 Å². The standard InChI is InChI=1S/C24H24ClN5OS2/c1-15-8-9-16(2)20(10-15)30-23(17-6-5-7-18(25)11-17)27-28-24(30)33-14-19-13-32-21(26-19)12-22(31)29(3)4/h5-11,13H,12,14H2,1-4H3. The lowest BCUT2D eigenvalue weighted by Gasteiger charge is -2.14. The number of likely N-dealkylation sites (N-methyl/N-ethyl adjacent to an activating group) is 1. The van der Waals surface area contributed by atoms with Gasteiger partial charge in [0.1, 0.15) is 5.01 Å². The molecule has 2 heterocycles. The van der Waals surface area contributed by atoms with Crippen LogP contribution in [0.5, 0.6) is 0 Å². The minimum Gasteiger partial charge on any atom is -0.348 e. The Bertz CT molecular complexity index is 1300. The first-order valence-corrected chi connectivity index (χ1v) is 12.6. The molecule has 1 amide bonds. The highest BCUT2D eigenvalue weighted by Gasteiger charge is 2.19. The molecule has 0 spiro atoms. The number of aromatic nitrogens is 4. The normalized spacial score (nSPS) is 11.1. The van der Waals surface area contributed by atoms with Crippen molar-refractivity contribution < 1.29 is 4.79 Å². The first-order chi connectivity index (χ1) is 15.8. The van der Waals surface area contributed by atoms with E-state index in [1.165, 1.54) is 11.3 Å². The second-order valence-corrected chi connectivity index (χ2v) is 10.2. The van der Waals surface area contributed by atoms with Crippen molar-refractivity contribution in [1.82, 2.24) is 24.6 Å². The van der Waals surface area contributed by atoms with E-state index in [4.69, 9.17) is 11.6 Å². The van der Waals surface area contributed by atoms with Gasteiger partial charge in [0.2, 0.25) is 5.91 Å². The number of thioether (sulfide) groups is 1. The monoisotopic (exact) mass is 497 g/mol. The molecular formula is C24H24ClN5OS2. The lowest BCUT2D eigenvalue weighted by Crippen LogP contribution is -2.23. The van der Waals surface area contributed by atoms with Crippen LogP contribution in [0.2, 0.25) is 5.02 Å². The number of hydrogen-bond acceptors (Lipinski definition) is 6. The van der Waals surface area contributed by atoms with E-state index in [9.17, 15) is 4.79 Å². The molecule has 0 fully saturated rings. The molecule has 6 nitrogen and oxygen atoms in total. The predicted molar refractivity (Wildman–Crippen MR) is 135 cm³/mol. The molecule has 2 aromatic carbocycles.